The van der Waals surface area contributed by atoms with E-state index in [4.69, 9.17) is 9.94 Å². The second-order valence-corrected chi connectivity index (χ2v) is 9.98. The summed E-state index contributed by atoms with van der Waals surface area (Å²) in [5.41, 5.74) is 2.42. The first-order valence-electron chi connectivity index (χ1n) is 9.37. The predicted octanol–water partition coefficient (Wildman–Crippen LogP) is 1.68. The third-order valence-corrected chi connectivity index (χ3v) is 7.55. The molecule has 1 amide bonds. The molecule has 10 heteroatoms. The van der Waals surface area contributed by atoms with Crippen molar-refractivity contribution in [3.63, 3.8) is 0 Å². The summed E-state index contributed by atoms with van der Waals surface area (Å²) in [6, 6.07) is 6.37. The van der Waals surface area contributed by atoms with E-state index < -0.39 is 31.9 Å². The number of hydrogen-bond donors (Lipinski definition) is 2. The fraction of sp³-hybridized carbons (Fsp3) is 0.400. The van der Waals surface area contributed by atoms with Crippen molar-refractivity contribution in [2.75, 3.05) is 12.9 Å². The van der Waals surface area contributed by atoms with Gasteiger partial charge in [0.2, 0.25) is 0 Å². The number of rotatable bonds is 6. The second kappa shape index (κ2) is 8.19. The fourth-order valence-electron chi connectivity index (χ4n) is 3.39. The number of ether oxygens (including phenoxy) is 1. The number of hydrogen-bond acceptors (Lipinski definition) is 6. The number of amides is 1. The Kier molecular flexibility index (Phi) is 6.00. The number of halogens is 1. The number of hydroxylamine groups is 1. The average molecular weight is 438 g/mol. The summed E-state index contributed by atoms with van der Waals surface area (Å²) >= 11 is 0. The zero-order valence-electron chi connectivity index (χ0n) is 16.6. The van der Waals surface area contributed by atoms with E-state index in [9.17, 15) is 22.4 Å². The van der Waals surface area contributed by atoms with Gasteiger partial charge in [0, 0.05) is 30.6 Å². The van der Waals surface area contributed by atoms with Crippen LogP contribution in [0, 0.1) is 5.82 Å². The maximum Gasteiger partial charge on any atom is 0.264 e. The standard InChI is InChI=1S/C20H23FN2O6S/c1-20(19(25)22-26,30(2,27)28)7-8-23-12-16(21)15(11-18(23)24)13-5-6-17-14(10-13)4-3-9-29-17/h5-6,10-12,26H,3-4,7-9H2,1-2H3,(H,22,25)/t20-/m1/s1. The minimum atomic E-state index is -3.92. The van der Waals surface area contributed by atoms with Gasteiger partial charge < -0.3 is 9.30 Å². The van der Waals surface area contributed by atoms with E-state index in [1.54, 1.807) is 18.2 Å². The summed E-state index contributed by atoms with van der Waals surface area (Å²) in [5, 5.41) is 8.87. The van der Waals surface area contributed by atoms with Gasteiger partial charge in [0.25, 0.3) is 11.5 Å². The summed E-state index contributed by atoms with van der Waals surface area (Å²) in [6.07, 6.45) is 3.19. The Hall–Kier alpha value is -2.72. The van der Waals surface area contributed by atoms with Gasteiger partial charge in [0.05, 0.1) is 6.61 Å². The number of pyridine rings is 1. The number of carbonyl (C=O) groups is 1. The molecule has 1 aliphatic rings. The van der Waals surface area contributed by atoms with Crippen LogP contribution in [-0.4, -0.2) is 41.7 Å². The minimum absolute atomic E-state index is 0.128. The molecule has 0 bridgehead atoms. The first kappa shape index (κ1) is 22.0. The fourth-order valence-corrected chi connectivity index (χ4v) is 4.23. The molecule has 0 radical (unpaired) electrons. The van der Waals surface area contributed by atoms with Gasteiger partial charge in [-0.05, 0) is 49.4 Å². The summed E-state index contributed by atoms with van der Waals surface area (Å²) in [7, 11) is -3.92. The number of aromatic nitrogens is 1. The Bertz CT molecular complexity index is 1140. The lowest BCUT2D eigenvalue weighted by Gasteiger charge is -2.25. The first-order valence-corrected chi connectivity index (χ1v) is 11.3. The highest BCUT2D eigenvalue weighted by Gasteiger charge is 2.43. The Morgan fingerprint density at radius 3 is 2.77 bits per heavy atom. The van der Waals surface area contributed by atoms with Crippen LogP contribution in [0.15, 0.2) is 35.3 Å². The molecule has 2 N–H and O–H groups in total. The van der Waals surface area contributed by atoms with E-state index in [0.717, 1.165) is 54.2 Å². The lowest BCUT2D eigenvalue weighted by Crippen LogP contribution is -2.50. The molecule has 0 spiro atoms. The van der Waals surface area contributed by atoms with Crippen LogP contribution in [0.4, 0.5) is 4.39 Å². The summed E-state index contributed by atoms with van der Waals surface area (Å²) < 4.78 is 43.5. The van der Waals surface area contributed by atoms with E-state index >= 15 is 0 Å². The molecule has 3 rings (SSSR count). The molecule has 1 aromatic carbocycles. The van der Waals surface area contributed by atoms with Crippen molar-refractivity contribution in [1.29, 1.82) is 0 Å². The molecule has 1 aromatic heterocycles. The number of benzene rings is 1. The van der Waals surface area contributed by atoms with Crippen molar-refractivity contribution in [3.05, 3.63) is 52.2 Å². The van der Waals surface area contributed by atoms with E-state index in [-0.39, 0.29) is 18.5 Å². The van der Waals surface area contributed by atoms with E-state index in [2.05, 4.69) is 0 Å². The van der Waals surface area contributed by atoms with Crippen LogP contribution >= 0.6 is 0 Å². The molecular formula is C20H23FN2O6S. The van der Waals surface area contributed by atoms with Gasteiger partial charge in [0.15, 0.2) is 14.6 Å². The second-order valence-electron chi connectivity index (χ2n) is 7.54. The van der Waals surface area contributed by atoms with Crippen LogP contribution in [-0.2, 0) is 27.6 Å². The third-order valence-electron chi connectivity index (χ3n) is 5.53. The van der Waals surface area contributed by atoms with Crippen molar-refractivity contribution in [2.24, 2.45) is 0 Å². The monoisotopic (exact) mass is 438 g/mol. The first-order chi connectivity index (χ1) is 14.1. The third kappa shape index (κ3) is 4.10. The van der Waals surface area contributed by atoms with Crippen LogP contribution in [0.3, 0.4) is 0 Å². The molecular weight excluding hydrogens is 415 g/mol. The molecule has 0 saturated carbocycles. The van der Waals surface area contributed by atoms with Gasteiger partial charge in [-0.3, -0.25) is 14.8 Å². The van der Waals surface area contributed by atoms with Gasteiger partial charge in [-0.2, -0.15) is 0 Å². The average Bonchev–Trinajstić information content (AvgIpc) is 2.71. The lowest BCUT2D eigenvalue weighted by molar-refractivity contribution is -0.131. The van der Waals surface area contributed by atoms with Crippen molar-refractivity contribution in [3.8, 4) is 16.9 Å². The van der Waals surface area contributed by atoms with Gasteiger partial charge in [-0.25, -0.2) is 18.3 Å². The molecule has 162 valence electrons. The summed E-state index contributed by atoms with van der Waals surface area (Å²) in [6.45, 7) is 1.54. The maximum absolute atomic E-state index is 14.8. The Morgan fingerprint density at radius 2 is 2.10 bits per heavy atom. The zero-order valence-corrected chi connectivity index (χ0v) is 17.5. The van der Waals surface area contributed by atoms with Crippen LogP contribution in [0.2, 0.25) is 0 Å². The van der Waals surface area contributed by atoms with Gasteiger partial charge in [0.1, 0.15) is 11.6 Å². The van der Waals surface area contributed by atoms with E-state index in [0.29, 0.717) is 12.2 Å². The maximum atomic E-state index is 14.8. The molecule has 0 fully saturated rings. The molecule has 1 atom stereocenters. The number of carbonyl (C=O) groups excluding carboxylic acids is 1. The highest BCUT2D eigenvalue weighted by Crippen LogP contribution is 2.31. The molecule has 1 aliphatic heterocycles. The quantitative estimate of drug-likeness (QED) is 0.524. The zero-order chi connectivity index (χ0) is 22.1. The van der Waals surface area contributed by atoms with Crippen molar-refractivity contribution >= 4 is 15.7 Å². The van der Waals surface area contributed by atoms with Crippen molar-refractivity contribution in [1.82, 2.24) is 10.0 Å². The minimum Gasteiger partial charge on any atom is -0.493 e. The highest BCUT2D eigenvalue weighted by atomic mass is 32.2. The SMILES string of the molecule is C[C@@](CCn1cc(F)c(-c2ccc3c(c2)CCCO3)cc1=O)(C(=O)NO)S(C)(=O)=O. The number of aryl methyl sites for hydroxylation is 2. The van der Waals surface area contributed by atoms with Gasteiger partial charge in [-0.15, -0.1) is 0 Å². The Balaban J connectivity index is 1.90. The van der Waals surface area contributed by atoms with Gasteiger partial charge >= 0.3 is 0 Å². The summed E-state index contributed by atoms with van der Waals surface area (Å²) in [5.74, 6) is -1.02. The van der Waals surface area contributed by atoms with Crippen molar-refractivity contribution in [2.45, 2.75) is 37.5 Å². The molecule has 30 heavy (non-hydrogen) atoms. The lowest BCUT2D eigenvalue weighted by atomic mass is 9.99. The molecule has 2 heterocycles. The topological polar surface area (TPSA) is 115 Å². The highest BCUT2D eigenvalue weighted by molar-refractivity contribution is 7.92. The normalized spacial score (nSPS) is 15.6. The van der Waals surface area contributed by atoms with Crippen LogP contribution in [0.5, 0.6) is 5.75 Å². The van der Waals surface area contributed by atoms with Crippen LogP contribution in [0.1, 0.15) is 25.3 Å². The Labute approximate surface area is 173 Å². The molecule has 2 aromatic rings. The van der Waals surface area contributed by atoms with E-state index in [1.165, 1.54) is 5.48 Å². The van der Waals surface area contributed by atoms with Gasteiger partial charge in [-0.1, -0.05) is 6.07 Å². The van der Waals surface area contributed by atoms with E-state index in [1.807, 2.05) is 0 Å². The number of sulfone groups is 1. The Morgan fingerprint density at radius 1 is 1.37 bits per heavy atom. The van der Waals surface area contributed by atoms with Crippen LogP contribution in [0.25, 0.3) is 11.1 Å². The summed E-state index contributed by atoms with van der Waals surface area (Å²) in [4.78, 5) is 24.4. The number of nitrogens with one attached hydrogen (secondary N) is 1. The number of nitrogens with zero attached hydrogens (tertiary/aromatic N) is 1. The molecule has 0 unspecified atom stereocenters. The predicted molar refractivity (Wildman–Crippen MR) is 108 cm³/mol. The van der Waals surface area contributed by atoms with Crippen LogP contribution < -0.4 is 15.8 Å². The smallest absolute Gasteiger partial charge is 0.264 e. The largest absolute Gasteiger partial charge is 0.493 e. The molecule has 0 aliphatic carbocycles. The van der Waals surface area contributed by atoms with Crippen molar-refractivity contribution < 1.29 is 27.5 Å². The molecule has 8 nitrogen and oxygen atoms in total. The molecule has 0 saturated heterocycles. The number of fused-ring (bicyclic) bond motifs is 1.